The number of H-pyrrole nitrogens is 1. The topological polar surface area (TPSA) is 111 Å². The van der Waals surface area contributed by atoms with Gasteiger partial charge in [0.05, 0.1) is 23.4 Å². The third-order valence-corrected chi connectivity index (χ3v) is 5.58. The van der Waals surface area contributed by atoms with Gasteiger partial charge in [0.1, 0.15) is 28.2 Å². The first kappa shape index (κ1) is 27.0. The predicted octanol–water partition coefficient (Wildman–Crippen LogP) is 4.98. The second-order valence-corrected chi connectivity index (χ2v) is 8.11. The monoisotopic (exact) mass is 531 g/mol. The van der Waals surface area contributed by atoms with Crippen LogP contribution in [-0.2, 0) is 11.8 Å². The van der Waals surface area contributed by atoms with E-state index in [9.17, 15) is 22.8 Å². The lowest BCUT2D eigenvalue weighted by Crippen LogP contribution is -2.32. The van der Waals surface area contributed by atoms with Crippen molar-refractivity contribution in [3.8, 4) is 17.1 Å². The van der Waals surface area contributed by atoms with E-state index in [0.717, 1.165) is 19.1 Å². The van der Waals surface area contributed by atoms with Gasteiger partial charge in [-0.25, -0.2) is 14.2 Å². The largest absolute Gasteiger partial charge is 0.480 e. The Hall–Kier alpha value is -3.61. The molecule has 2 heterocycles. The molecule has 0 saturated carbocycles. The Morgan fingerprint density at radius 1 is 1.28 bits per heavy atom. The van der Waals surface area contributed by atoms with Crippen molar-refractivity contribution in [2.45, 2.75) is 40.0 Å². The molecule has 1 amide bonds. The molecule has 2 aromatic heterocycles. The Morgan fingerprint density at radius 3 is 2.50 bits per heavy atom. The number of amides is 1. The number of carbonyl (C=O) groups excluding carboxylic acids is 2. The number of rotatable bonds is 7. The molecule has 0 saturated heterocycles. The van der Waals surface area contributed by atoms with Crippen LogP contribution in [0.1, 0.15) is 46.1 Å². The molecule has 194 valence electrons. The SMILES string of the molecule is CCOC(=O)c1nc(-c2cc(OC(C)C(F)(F)F)c(C(=O)Nc3c(C)n[nH]c3Cl)cc2F)n(C)c1C. The van der Waals surface area contributed by atoms with Crippen LogP contribution in [0.25, 0.3) is 11.4 Å². The van der Waals surface area contributed by atoms with Crippen LogP contribution in [0.15, 0.2) is 12.1 Å². The number of hydrogen-bond acceptors (Lipinski definition) is 6. The van der Waals surface area contributed by atoms with Gasteiger partial charge in [0.25, 0.3) is 5.91 Å². The van der Waals surface area contributed by atoms with Crippen LogP contribution in [-0.4, -0.2) is 50.5 Å². The average molecular weight is 532 g/mol. The fourth-order valence-corrected chi connectivity index (χ4v) is 3.43. The Morgan fingerprint density at radius 2 is 1.94 bits per heavy atom. The highest BCUT2D eigenvalue weighted by Gasteiger charge is 2.39. The third kappa shape index (κ3) is 5.30. The highest BCUT2D eigenvalue weighted by atomic mass is 35.5. The summed E-state index contributed by atoms with van der Waals surface area (Å²) < 4.78 is 66.5. The second kappa shape index (κ2) is 10.2. The normalized spacial score (nSPS) is 12.4. The van der Waals surface area contributed by atoms with Gasteiger partial charge in [0.15, 0.2) is 11.8 Å². The van der Waals surface area contributed by atoms with E-state index in [2.05, 4.69) is 20.5 Å². The van der Waals surface area contributed by atoms with Crippen LogP contribution in [0, 0.1) is 19.7 Å². The number of aromatic nitrogens is 4. The van der Waals surface area contributed by atoms with Crippen LogP contribution >= 0.6 is 11.6 Å². The van der Waals surface area contributed by atoms with Crippen molar-refractivity contribution < 1.29 is 36.6 Å². The van der Waals surface area contributed by atoms with Gasteiger partial charge in [-0.2, -0.15) is 18.3 Å². The zero-order valence-corrected chi connectivity index (χ0v) is 20.6. The molecule has 0 spiro atoms. The van der Waals surface area contributed by atoms with Gasteiger partial charge in [-0.1, -0.05) is 11.6 Å². The van der Waals surface area contributed by atoms with Crippen molar-refractivity contribution >= 4 is 29.2 Å². The molecular weight excluding hydrogens is 510 g/mol. The average Bonchev–Trinajstić information content (AvgIpc) is 3.27. The number of benzene rings is 1. The molecule has 9 nitrogen and oxygen atoms in total. The first-order chi connectivity index (χ1) is 16.8. The quantitative estimate of drug-likeness (QED) is 0.329. The van der Waals surface area contributed by atoms with Crippen LogP contribution in [0.3, 0.4) is 0 Å². The van der Waals surface area contributed by atoms with Crippen LogP contribution in [0.2, 0.25) is 5.15 Å². The van der Waals surface area contributed by atoms with E-state index >= 15 is 4.39 Å². The number of imidazole rings is 1. The van der Waals surface area contributed by atoms with Gasteiger partial charge >= 0.3 is 12.1 Å². The minimum absolute atomic E-state index is 0.0287. The molecule has 0 aliphatic rings. The number of halogens is 5. The molecule has 0 aliphatic heterocycles. The molecule has 1 unspecified atom stereocenters. The summed E-state index contributed by atoms with van der Waals surface area (Å²) in [7, 11) is 1.49. The van der Waals surface area contributed by atoms with Gasteiger partial charge in [-0.15, -0.1) is 0 Å². The summed E-state index contributed by atoms with van der Waals surface area (Å²) in [6.07, 6.45) is -7.11. The summed E-state index contributed by atoms with van der Waals surface area (Å²) in [6.45, 7) is 5.49. The second-order valence-electron chi connectivity index (χ2n) is 7.73. The number of ether oxygens (including phenoxy) is 2. The van der Waals surface area contributed by atoms with Gasteiger partial charge in [0, 0.05) is 12.7 Å². The van der Waals surface area contributed by atoms with Gasteiger partial charge in [0.2, 0.25) is 0 Å². The molecule has 0 radical (unpaired) electrons. The number of alkyl halides is 3. The molecule has 1 aromatic carbocycles. The molecule has 1 atom stereocenters. The van der Waals surface area contributed by atoms with Crippen molar-refractivity contribution in [1.82, 2.24) is 19.7 Å². The van der Waals surface area contributed by atoms with E-state index in [1.165, 1.54) is 18.5 Å². The number of hydrogen-bond donors (Lipinski definition) is 2. The van der Waals surface area contributed by atoms with Crippen molar-refractivity contribution in [3.63, 3.8) is 0 Å². The number of nitrogens with zero attached hydrogens (tertiary/aromatic N) is 3. The number of aryl methyl sites for hydroxylation is 1. The Labute approximate surface area is 207 Å². The van der Waals surface area contributed by atoms with Crippen LogP contribution in [0.4, 0.5) is 23.2 Å². The molecule has 2 N–H and O–H groups in total. The number of aromatic amines is 1. The van der Waals surface area contributed by atoms with E-state index in [0.29, 0.717) is 11.4 Å². The lowest BCUT2D eigenvalue weighted by molar-refractivity contribution is -0.189. The molecule has 0 bridgehead atoms. The van der Waals surface area contributed by atoms with Crippen molar-refractivity contribution in [2.75, 3.05) is 11.9 Å². The van der Waals surface area contributed by atoms with Gasteiger partial charge in [-0.05, 0) is 39.8 Å². The van der Waals surface area contributed by atoms with E-state index in [-0.39, 0.29) is 34.5 Å². The Bertz CT molecular complexity index is 1300. The first-order valence-electron chi connectivity index (χ1n) is 10.6. The molecule has 14 heteroatoms. The molecule has 0 fully saturated rings. The summed E-state index contributed by atoms with van der Waals surface area (Å²) in [5, 5.41) is 8.61. The molecule has 36 heavy (non-hydrogen) atoms. The fourth-order valence-electron chi connectivity index (χ4n) is 3.20. The summed E-state index contributed by atoms with van der Waals surface area (Å²) in [6, 6.07) is 1.65. The summed E-state index contributed by atoms with van der Waals surface area (Å²) in [4.78, 5) is 29.3. The zero-order chi connectivity index (χ0) is 26.9. The smallest absolute Gasteiger partial charge is 0.425 e. The molecular formula is C22H22ClF4N5O4. The number of carbonyl (C=O) groups is 2. The fraction of sp³-hybridized carbons (Fsp3) is 0.364. The summed E-state index contributed by atoms with van der Waals surface area (Å²) >= 11 is 5.94. The standard InChI is InChI=1S/C22H22ClF4N5O4/c1-6-35-21(34)17-10(3)32(5)19(28-17)12-8-15(36-11(4)22(25,26)27)13(7-14(12)24)20(33)29-16-9(2)30-31-18(16)23/h7-8,11H,6H2,1-5H3,(H,29,33)(H,30,31). The predicted molar refractivity (Wildman–Crippen MR) is 122 cm³/mol. The maximum Gasteiger partial charge on any atom is 0.425 e. The maximum absolute atomic E-state index is 15.3. The zero-order valence-electron chi connectivity index (χ0n) is 19.8. The van der Waals surface area contributed by atoms with Gasteiger partial charge in [-0.3, -0.25) is 9.89 Å². The van der Waals surface area contributed by atoms with E-state index < -0.39 is 41.3 Å². The van der Waals surface area contributed by atoms with Crippen molar-refractivity contribution in [1.29, 1.82) is 0 Å². The third-order valence-electron chi connectivity index (χ3n) is 5.31. The minimum Gasteiger partial charge on any atom is -0.480 e. The number of esters is 1. The van der Waals surface area contributed by atoms with Gasteiger partial charge < -0.3 is 19.4 Å². The first-order valence-corrected chi connectivity index (χ1v) is 10.9. The highest BCUT2D eigenvalue weighted by Crippen LogP contribution is 2.35. The van der Waals surface area contributed by atoms with E-state index in [1.807, 2.05) is 0 Å². The maximum atomic E-state index is 15.3. The number of anilines is 1. The van der Waals surface area contributed by atoms with Crippen LogP contribution in [0.5, 0.6) is 5.75 Å². The summed E-state index contributed by atoms with van der Waals surface area (Å²) in [5.74, 6) is -3.38. The summed E-state index contributed by atoms with van der Waals surface area (Å²) in [5.41, 5.74) is -0.214. The van der Waals surface area contributed by atoms with E-state index in [4.69, 9.17) is 21.1 Å². The van der Waals surface area contributed by atoms with Crippen LogP contribution < -0.4 is 10.1 Å². The molecule has 3 rings (SSSR count). The lowest BCUT2D eigenvalue weighted by Gasteiger charge is -2.20. The van der Waals surface area contributed by atoms with Crippen molar-refractivity contribution in [3.05, 3.63) is 45.7 Å². The molecule has 3 aromatic rings. The molecule has 0 aliphatic carbocycles. The minimum atomic E-state index is -4.77. The number of nitrogens with one attached hydrogen (secondary N) is 2. The Balaban J connectivity index is 2.13. The van der Waals surface area contributed by atoms with Crippen molar-refractivity contribution in [2.24, 2.45) is 7.05 Å². The van der Waals surface area contributed by atoms with E-state index in [1.54, 1.807) is 13.8 Å². The Kier molecular flexibility index (Phi) is 7.62. The highest BCUT2D eigenvalue weighted by molar-refractivity contribution is 6.33. The lowest BCUT2D eigenvalue weighted by atomic mass is 10.1.